The molecule has 0 spiro atoms. The van der Waals surface area contributed by atoms with Crippen LogP contribution in [0.15, 0.2) is 24.4 Å². The first-order chi connectivity index (χ1) is 7.43. The van der Waals surface area contributed by atoms with Crippen molar-refractivity contribution < 1.29 is 4.74 Å². The van der Waals surface area contributed by atoms with Crippen molar-refractivity contribution in [3.63, 3.8) is 0 Å². The van der Waals surface area contributed by atoms with E-state index in [2.05, 4.69) is 15.8 Å². The van der Waals surface area contributed by atoms with Gasteiger partial charge in [-0.1, -0.05) is 12.1 Å². The number of aromatic nitrogens is 1. The Hall–Kier alpha value is -1.13. The van der Waals surface area contributed by atoms with Crippen molar-refractivity contribution in [1.82, 2.24) is 9.69 Å². The van der Waals surface area contributed by atoms with Crippen molar-refractivity contribution in [1.29, 1.82) is 0 Å². The minimum atomic E-state index is 0.674. The van der Waals surface area contributed by atoms with Crippen LogP contribution < -0.4 is 10.1 Å². The van der Waals surface area contributed by atoms with Crippen molar-refractivity contribution in [2.75, 3.05) is 19.7 Å². The Bertz CT molecular complexity index is 464. The average molecular weight is 220 g/mol. The van der Waals surface area contributed by atoms with Crippen LogP contribution in [0.5, 0.6) is 5.75 Å². The first kappa shape index (κ1) is 9.12. The van der Waals surface area contributed by atoms with Gasteiger partial charge in [0.25, 0.3) is 0 Å². The topological polar surface area (TPSA) is 34.1 Å². The molecule has 3 rings (SSSR count). The predicted octanol–water partition coefficient (Wildman–Crippen LogP) is 1.89. The number of hydrogen-bond acceptors (Lipinski definition) is 4. The Morgan fingerprint density at radius 2 is 2.40 bits per heavy atom. The van der Waals surface area contributed by atoms with Gasteiger partial charge in [0.05, 0.1) is 11.3 Å². The molecule has 1 aromatic carbocycles. The van der Waals surface area contributed by atoms with E-state index in [0.717, 1.165) is 30.1 Å². The molecule has 1 fully saturated rings. The van der Waals surface area contributed by atoms with E-state index < -0.39 is 0 Å². The molecule has 4 heteroatoms. The molecule has 1 aliphatic rings. The van der Waals surface area contributed by atoms with Crippen molar-refractivity contribution in [2.24, 2.45) is 5.92 Å². The van der Waals surface area contributed by atoms with Gasteiger partial charge in [-0.3, -0.25) is 0 Å². The molecule has 15 heavy (non-hydrogen) atoms. The molecule has 1 N–H and O–H groups in total. The summed E-state index contributed by atoms with van der Waals surface area (Å²) in [6.45, 7) is 2.97. The maximum absolute atomic E-state index is 5.81. The summed E-state index contributed by atoms with van der Waals surface area (Å²) in [5.74, 6) is 1.65. The van der Waals surface area contributed by atoms with Crippen LogP contribution in [0.1, 0.15) is 0 Å². The monoisotopic (exact) mass is 220 g/mol. The lowest BCUT2D eigenvalue weighted by Crippen LogP contribution is -2.45. The smallest absolute Gasteiger partial charge is 0.138 e. The number of nitrogens with zero attached hydrogens (tertiary/aromatic N) is 1. The van der Waals surface area contributed by atoms with Crippen LogP contribution in [-0.4, -0.2) is 24.1 Å². The van der Waals surface area contributed by atoms with Crippen LogP contribution in [-0.2, 0) is 0 Å². The van der Waals surface area contributed by atoms with E-state index in [9.17, 15) is 0 Å². The Morgan fingerprint density at radius 3 is 3.20 bits per heavy atom. The van der Waals surface area contributed by atoms with Crippen LogP contribution in [0.3, 0.4) is 0 Å². The summed E-state index contributed by atoms with van der Waals surface area (Å²) in [4.78, 5) is 0. The third kappa shape index (κ3) is 1.70. The second kappa shape index (κ2) is 3.79. The molecule has 2 heterocycles. The molecule has 1 saturated heterocycles. The summed E-state index contributed by atoms with van der Waals surface area (Å²) in [5.41, 5.74) is 0. The highest BCUT2D eigenvalue weighted by Crippen LogP contribution is 2.29. The number of nitrogens with one attached hydrogen (secondary N) is 1. The van der Waals surface area contributed by atoms with Crippen molar-refractivity contribution in [3.05, 3.63) is 24.4 Å². The summed E-state index contributed by atoms with van der Waals surface area (Å²) in [5, 5.41) is 4.41. The average Bonchev–Trinajstić information content (AvgIpc) is 2.63. The lowest BCUT2D eigenvalue weighted by atomic mass is 10.1. The minimum absolute atomic E-state index is 0.674. The van der Waals surface area contributed by atoms with Gasteiger partial charge >= 0.3 is 0 Å². The van der Waals surface area contributed by atoms with Gasteiger partial charge in [-0.25, -0.2) is 0 Å². The second-order valence-corrected chi connectivity index (χ2v) is 4.64. The predicted molar refractivity (Wildman–Crippen MR) is 61.5 cm³/mol. The van der Waals surface area contributed by atoms with Crippen LogP contribution >= 0.6 is 11.5 Å². The maximum atomic E-state index is 5.81. The van der Waals surface area contributed by atoms with Gasteiger partial charge in [-0.2, -0.15) is 4.37 Å². The summed E-state index contributed by atoms with van der Waals surface area (Å²) in [7, 11) is 0. The second-order valence-electron chi connectivity index (χ2n) is 3.84. The standard InChI is InChI=1S/C11H12N2OS/c1-2-9-6-13-15-11(9)10(3-1)14-7-8-4-12-5-8/h1-3,6,8,12H,4-5,7H2. The normalized spacial score (nSPS) is 16.5. The van der Waals surface area contributed by atoms with Crippen LogP contribution in [0.2, 0.25) is 0 Å². The molecule has 0 radical (unpaired) electrons. The number of fused-ring (bicyclic) bond motifs is 1. The number of rotatable bonds is 3. The lowest BCUT2D eigenvalue weighted by Gasteiger charge is -2.26. The maximum Gasteiger partial charge on any atom is 0.138 e. The molecule has 0 amide bonds. The fraction of sp³-hybridized carbons (Fsp3) is 0.364. The van der Waals surface area contributed by atoms with E-state index >= 15 is 0 Å². The minimum Gasteiger partial charge on any atom is -0.492 e. The zero-order chi connectivity index (χ0) is 10.1. The van der Waals surface area contributed by atoms with Crippen molar-refractivity contribution in [3.8, 4) is 5.75 Å². The van der Waals surface area contributed by atoms with Gasteiger partial charge in [0, 0.05) is 30.6 Å². The van der Waals surface area contributed by atoms with E-state index in [1.807, 2.05) is 18.3 Å². The molecule has 3 nitrogen and oxygen atoms in total. The summed E-state index contributed by atoms with van der Waals surface area (Å²) in [6, 6.07) is 6.11. The largest absolute Gasteiger partial charge is 0.492 e. The molecule has 1 aliphatic heterocycles. The van der Waals surface area contributed by atoms with Gasteiger partial charge in [0.2, 0.25) is 0 Å². The molecule has 0 atom stereocenters. The van der Waals surface area contributed by atoms with Crippen molar-refractivity contribution >= 4 is 21.6 Å². The van der Waals surface area contributed by atoms with Gasteiger partial charge in [-0.15, -0.1) is 0 Å². The Morgan fingerprint density at radius 1 is 1.47 bits per heavy atom. The zero-order valence-electron chi connectivity index (χ0n) is 8.27. The first-order valence-corrected chi connectivity index (χ1v) is 5.88. The van der Waals surface area contributed by atoms with Crippen LogP contribution in [0.4, 0.5) is 0 Å². The third-order valence-corrected chi connectivity index (χ3v) is 3.52. The summed E-state index contributed by atoms with van der Waals surface area (Å²) >= 11 is 1.50. The molecular formula is C11H12N2OS. The van der Waals surface area contributed by atoms with E-state index in [1.54, 1.807) is 0 Å². The SMILES string of the molecule is c1cc(OCC2CNC2)c2sncc2c1. The summed E-state index contributed by atoms with van der Waals surface area (Å²) < 4.78 is 11.1. The third-order valence-electron chi connectivity index (χ3n) is 2.69. The zero-order valence-corrected chi connectivity index (χ0v) is 9.09. The van der Waals surface area contributed by atoms with Gasteiger partial charge < -0.3 is 10.1 Å². The Kier molecular flexibility index (Phi) is 2.31. The molecule has 78 valence electrons. The van der Waals surface area contributed by atoms with E-state index in [4.69, 9.17) is 4.74 Å². The molecule has 0 aliphatic carbocycles. The Labute approximate surface area is 92.2 Å². The van der Waals surface area contributed by atoms with Gasteiger partial charge in [0.15, 0.2) is 0 Å². The van der Waals surface area contributed by atoms with Crippen LogP contribution in [0, 0.1) is 5.92 Å². The van der Waals surface area contributed by atoms with Gasteiger partial charge in [-0.05, 0) is 17.6 Å². The molecule has 0 bridgehead atoms. The van der Waals surface area contributed by atoms with Gasteiger partial charge in [0.1, 0.15) is 5.75 Å². The van der Waals surface area contributed by atoms with E-state index in [0.29, 0.717) is 5.92 Å². The summed E-state index contributed by atoms with van der Waals surface area (Å²) in [6.07, 6.45) is 1.89. The van der Waals surface area contributed by atoms with E-state index in [1.165, 1.54) is 16.9 Å². The fourth-order valence-corrected chi connectivity index (χ4v) is 2.37. The highest BCUT2D eigenvalue weighted by Gasteiger charge is 2.17. The quantitative estimate of drug-likeness (QED) is 0.857. The van der Waals surface area contributed by atoms with Crippen molar-refractivity contribution in [2.45, 2.75) is 0 Å². The highest BCUT2D eigenvalue weighted by molar-refractivity contribution is 7.13. The fourth-order valence-electron chi connectivity index (χ4n) is 1.66. The Balaban J connectivity index is 1.80. The number of benzene rings is 1. The molecule has 0 saturated carbocycles. The molecule has 1 aromatic heterocycles. The molecule has 2 aromatic rings. The van der Waals surface area contributed by atoms with Crippen LogP contribution in [0.25, 0.3) is 10.1 Å². The highest BCUT2D eigenvalue weighted by atomic mass is 32.1. The molecular weight excluding hydrogens is 208 g/mol. The molecule has 0 unspecified atom stereocenters. The number of hydrogen-bond donors (Lipinski definition) is 1. The first-order valence-electron chi connectivity index (χ1n) is 5.10. The lowest BCUT2D eigenvalue weighted by molar-refractivity contribution is 0.201. The van der Waals surface area contributed by atoms with E-state index in [-0.39, 0.29) is 0 Å². The number of ether oxygens (including phenoxy) is 1.